The molecule has 1 saturated heterocycles. The lowest BCUT2D eigenvalue weighted by molar-refractivity contribution is 0.131. The molecule has 0 unspecified atom stereocenters. The zero-order chi connectivity index (χ0) is 17.1. The molecule has 3 rings (SSSR count). The van der Waals surface area contributed by atoms with Crippen LogP contribution in [0.1, 0.15) is 12.8 Å². The first-order valence-electron chi connectivity index (χ1n) is 7.70. The fourth-order valence-corrected chi connectivity index (χ4v) is 3.08. The van der Waals surface area contributed by atoms with E-state index in [1.807, 2.05) is 12.1 Å². The molecular weight excluding hydrogens is 330 g/mol. The summed E-state index contributed by atoms with van der Waals surface area (Å²) in [7, 11) is 1.62. The van der Waals surface area contributed by atoms with Crippen molar-refractivity contribution in [3.05, 3.63) is 36.0 Å². The number of hydrogen-bond acceptors (Lipinski definition) is 5. The van der Waals surface area contributed by atoms with Gasteiger partial charge in [-0.25, -0.2) is 9.78 Å². The summed E-state index contributed by atoms with van der Waals surface area (Å²) in [6.45, 7) is 1.43. The van der Waals surface area contributed by atoms with Gasteiger partial charge < -0.3 is 14.9 Å². The Morgan fingerprint density at radius 3 is 2.62 bits per heavy atom. The third-order valence-corrected chi connectivity index (χ3v) is 4.53. The van der Waals surface area contributed by atoms with Gasteiger partial charge in [0.1, 0.15) is 5.82 Å². The van der Waals surface area contributed by atoms with E-state index >= 15 is 0 Å². The van der Waals surface area contributed by atoms with Gasteiger partial charge >= 0.3 is 6.09 Å². The maximum Gasteiger partial charge on any atom is 0.407 e. The lowest BCUT2D eigenvalue weighted by Crippen LogP contribution is -2.45. The number of rotatable bonds is 3. The number of carboxylic acid groups (broad SMARTS) is 1. The quantitative estimate of drug-likeness (QED) is 0.860. The molecule has 8 heteroatoms. The lowest BCUT2D eigenvalue weighted by atomic mass is 10.0. The van der Waals surface area contributed by atoms with Crippen LogP contribution in [0.25, 0.3) is 11.1 Å². The van der Waals surface area contributed by atoms with Crippen molar-refractivity contribution in [2.45, 2.75) is 18.9 Å². The fraction of sp³-hybridized carbons (Fsp3) is 0.375. The number of amides is 1. The van der Waals surface area contributed by atoms with E-state index in [9.17, 15) is 4.79 Å². The average Bonchev–Trinajstić information content (AvgIpc) is 2.62. The van der Waals surface area contributed by atoms with Crippen molar-refractivity contribution in [1.82, 2.24) is 19.9 Å². The highest BCUT2D eigenvalue weighted by molar-refractivity contribution is 6.28. The highest BCUT2D eigenvalue weighted by Gasteiger charge is 2.27. The van der Waals surface area contributed by atoms with Crippen LogP contribution in [-0.4, -0.2) is 57.2 Å². The molecule has 0 aromatic carbocycles. The fourth-order valence-electron chi connectivity index (χ4n) is 2.95. The minimum absolute atomic E-state index is 0.0282. The Hall–Kier alpha value is -2.41. The highest BCUT2D eigenvalue weighted by Crippen LogP contribution is 2.31. The van der Waals surface area contributed by atoms with Crippen molar-refractivity contribution in [2.24, 2.45) is 0 Å². The first kappa shape index (κ1) is 16.4. The molecule has 126 valence electrons. The van der Waals surface area contributed by atoms with Crippen LogP contribution >= 0.6 is 11.6 Å². The Morgan fingerprint density at radius 1 is 1.33 bits per heavy atom. The number of nitrogens with zero attached hydrogens (tertiary/aromatic N) is 5. The van der Waals surface area contributed by atoms with Gasteiger partial charge in [-0.2, -0.15) is 4.98 Å². The van der Waals surface area contributed by atoms with Crippen molar-refractivity contribution in [2.75, 3.05) is 25.0 Å². The normalized spacial score (nSPS) is 15.3. The molecule has 7 nitrogen and oxygen atoms in total. The number of pyridine rings is 1. The molecular formula is C16H18ClN5O2. The van der Waals surface area contributed by atoms with Gasteiger partial charge in [0.15, 0.2) is 0 Å². The highest BCUT2D eigenvalue weighted by atomic mass is 35.5. The second-order valence-electron chi connectivity index (χ2n) is 5.72. The second kappa shape index (κ2) is 7.00. The number of aromatic nitrogens is 3. The maximum absolute atomic E-state index is 11.1. The van der Waals surface area contributed by atoms with Crippen LogP contribution in [0.3, 0.4) is 0 Å². The largest absolute Gasteiger partial charge is 0.465 e. The van der Waals surface area contributed by atoms with Gasteiger partial charge in [0.2, 0.25) is 5.28 Å². The van der Waals surface area contributed by atoms with E-state index in [0.717, 1.165) is 29.8 Å². The summed E-state index contributed by atoms with van der Waals surface area (Å²) >= 11 is 6.00. The van der Waals surface area contributed by atoms with Gasteiger partial charge in [-0.3, -0.25) is 4.98 Å². The predicted octanol–water partition coefficient (Wildman–Crippen LogP) is 2.77. The summed E-state index contributed by atoms with van der Waals surface area (Å²) in [6.07, 6.45) is 5.77. The molecule has 0 aliphatic carbocycles. The third kappa shape index (κ3) is 3.41. The van der Waals surface area contributed by atoms with E-state index in [0.29, 0.717) is 13.1 Å². The predicted molar refractivity (Wildman–Crippen MR) is 91.3 cm³/mol. The zero-order valence-electron chi connectivity index (χ0n) is 13.3. The van der Waals surface area contributed by atoms with Gasteiger partial charge in [-0.1, -0.05) is 0 Å². The average molecular weight is 348 g/mol. The van der Waals surface area contributed by atoms with Gasteiger partial charge in [0.25, 0.3) is 0 Å². The summed E-state index contributed by atoms with van der Waals surface area (Å²) in [6, 6.07) is 3.84. The van der Waals surface area contributed by atoms with Crippen molar-refractivity contribution < 1.29 is 9.90 Å². The summed E-state index contributed by atoms with van der Waals surface area (Å²) < 4.78 is 0. The number of carbonyl (C=O) groups is 1. The van der Waals surface area contributed by atoms with Crippen LogP contribution in [0, 0.1) is 0 Å². The standard InChI is InChI=1S/C16H18ClN5O2/c1-21(16(23)24)12-4-8-22(9-5-12)14-13(10-19-15(17)20-14)11-2-6-18-7-3-11/h2-3,6-7,10,12H,4-5,8-9H2,1H3,(H,23,24). The topological polar surface area (TPSA) is 82.5 Å². The number of hydrogen-bond donors (Lipinski definition) is 1. The number of anilines is 1. The van der Waals surface area contributed by atoms with E-state index in [1.165, 1.54) is 4.90 Å². The van der Waals surface area contributed by atoms with Crippen molar-refractivity contribution in [3.63, 3.8) is 0 Å². The van der Waals surface area contributed by atoms with Crippen LogP contribution < -0.4 is 4.90 Å². The first-order valence-corrected chi connectivity index (χ1v) is 8.07. The molecule has 2 aromatic rings. The summed E-state index contributed by atoms with van der Waals surface area (Å²) in [5.41, 5.74) is 1.87. The first-order chi connectivity index (χ1) is 11.6. The molecule has 1 N–H and O–H groups in total. The SMILES string of the molecule is CN(C(=O)O)C1CCN(c2nc(Cl)ncc2-c2ccncc2)CC1. The molecule has 0 radical (unpaired) electrons. The Kier molecular flexibility index (Phi) is 4.80. The Bertz CT molecular complexity index is 720. The van der Waals surface area contributed by atoms with Gasteiger partial charge in [0.05, 0.1) is 0 Å². The van der Waals surface area contributed by atoms with Crippen molar-refractivity contribution in [3.8, 4) is 11.1 Å². The lowest BCUT2D eigenvalue weighted by Gasteiger charge is -2.36. The number of halogens is 1. The molecule has 0 spiro atoms. The van der Waals surface area contributed by atoms with Crippen LogP contribution in [0.15, 0.2) is 30.7 Å². The van der Waals surface area contributed by atoms with E-state index in [1.54, 1.807) is 25.6 Å². The van der Waals surface area contributed by atoms with E-state index in [2.05, 4.69) is 19.9 Å². The van der Waals surface area contributed by atoms with E-state index < -0.39 is 6.09 Å². The second-order valence-corrected chi connectivity index (χ2v) is 6.06. The molecule has 3 heterocycles. The van der Waals surface area contributed by atoms with Gasteiger partial charge in [0, 0.05) is 50.3 Å². The summed E-state index contributed by atoms with van der Waals surface area (Å²) in [4.78, 5) is 27.2. The Morgan fingerprint density at radius 2 is 2.00 bits per heavy atom. The third-order valence-electron chi connectivity index (χ3n) is 4.34. The molecule has 24 heavy (non-hydrogen) atoms. The summed E-state index contributed by atoms with van der Waals surface area (Å²) in [5.74, 6) is 0.776. The van der Waals surface area contributed by atoms with Gasteiger partial charge in [-0.15, -0.1) is 0 Å². The molecule has 1 aliphatic heterocycles. The van der Waals surface area contributed by atoms with Crippen LogP contribution in [-0.2, 0) is 0 Å². The molecule has 1 amide bonds. The minimum atomic E-state index is -0.893. The van der Waals surface area contributed by atoms with Crippen LogP contribution in [0.2, 0.25) is 5.28 Å². The Balaban J connectivity index is 1.83. The molecule has 0 bridgehead atoms. The van der Waals surface area contributed by atoms with E-state index in [4.69, 9.17) is 16.7 Å². The van der Waals surface area contributed by atoms with Crippen molar-refractivity contribution >= 4 is 23.5 Å². The molecule has 0 atom stereocenters. The zero-order valence-corrected chi connectivity index (χ0v) is 14.0. The molecule has 1 aliphatic rings. The summed E-state index contributed by atoms with van der Waals surface area (Å²) in [5, 5.41) is 9.32. The number of piperidine rings is 1. The van der Waals surface area contributed by atoms with Crippen molar-refractivity contribution in [1.29, 1.82) is 0 Å². The smallest absolute Gasteiger partial charge is 0.407 e. The van der Waals surface area contributed by atoms with Gasteiger partial charge in [-0.05, 0) is 42.1 Å². The Labute approximate surface area is 144 Å². The molecule has 2 aromatic heterocycles. The molecule has 0 saturated carbocycles. The minimum Gasteiger partial charge on any atom is -0.465 e. The molecule has 1 fully saturated rings. The van der Waals surface area contributed by atoms with E-state index in [-0.39, 0.29) is 11.3 Å². The van der Waals surface area contributed by atoms with Crippen LogP contribution in [0.5, 0.6) is 0 Å². The maximum atomic E-state index is 11.1. The van der Waals surface area contributed by atoms with Crippen LogP contribution in [0.4, 0.5) is 10.6 Å². The monoisotopic (exact) mass is 347 g/mol.